The van der Waals surface area contributed by atoms with Gasteiger partial charge in [-0.25, -0.2) is 4.79 Å². The van der Waals surface area contributed by atoms with Gasteiger partial charge in [0.15, 0.2) is 0 Å². The molecule has 7 nitrogen and oxygen atoms in total. The monoisotopic (exact) mass is 439 g/mol. The number of ether oxygens (including phenoxy) is 1. The molecule has 0 aromatic heterocycles. The van der Waals surface area contributed by atoms with Gasteiger partial charge in [-0.1, -0.05) is 48.0 Å². The fourth-order valence-electron chi connectivity index (χ4n) is 2.62. The minimum atomic E-state index is -3.53. The molecule has 0 radical (unpaired) electrons. The van der Waals surface area contributed by atoms with Crippen LogP contribution in [-0.2, 0) is 36.7 Å². The van der Waals surface area contributed by atoms with Gasteiger partial charge in [-0.05, 0) is 29.7 Å². The van der Waals surface area contributed by atoms with Gasteiger partial charge in [0.1, 0.15) is 6.04 Å². The lowest BCUT2D eigenvalue weighted by Gasteiger charge is -2.17. The second-order valence-electron chi connectivity index (χ2n) is 6.32. The molecule has 0 saturated carbocycles. The summed E-state index contributed by atoms with van der Waals surface area (Å²) in [6.45, 7) is -0.0500. The molecule has 1 N–H and O–H groups in total. The highest BCUT2D eigenvalue weighted by molar-refractivity contribution is 7.85. The van der Waals surface area contributed by atoms with Gasteiger partial charge in [0, 0.05) is 17.0 Å². The number of hydrogen-bond acceptors (Lipinski definition) is 6. The van der Waals surface area contributed by atoms with Gasteiger partial charge in [-0.15, -0.1) is 0 Å². The molecule has 0 aliphatic heterocycles. The normalized spacial score (nSPS) is 12.2. The minimum absolute atomic E-state index is 0.0500. The molecule has 0 heterocycles. The number of carbonyl (C=O) groups is 2. The van der Waals surface area contributed by atoms with Gasteiger partial charge in [0.25, 0.3) is 16.0 Å². The number of amides is 1. The molecule has 0 aliphatic carbocycles. The summed E-state index contributed by atoms with van der Waals surface area (Å²) in [6.07, 6.45) is 1.52. The zero-order valence-corrected chi connectivity index (χ0v) is 17.6. The molecule has 0 spiro atoms. The number of benzene rings is 2. The Kier molecular flexibility index (Phi) is 8.19. The van der Waals surface area contributed by atoms with Gasteiger partial charge in [0.05, 0.1) is 20.0 Å². The average molecular weight is 440 g/mol. The maximum atomic E-state index is 12.6. The second-order valence-corrected chi connectivity index (χ2v) is 8.37. The van der Waals surface area contributed by atoms with Crippen LogP contribution >= 0.6 is 11.6 Å². The predicted molar refractivity (Wildman–Crippen MR) is 109 cm³/mol. The van der Waals surface area contributed by atoms with Crippen LogP contribution in [0.2, 0.25) is 5.02 Å². The maximum absolute atomic E-state index is 12.6. The Morgan fingerprint density at radius 2 is 1.83 bits per heavy atom. The van der Waals surface area contributed by atoms with Crippen LogP contribution in [0.5, 0.6) is 0 Å². The molecule has 0 unspecified atom stereocenters. The van der Waals surface area contributed by atoms with E-state index in [-0.39, 0.29) is 25.0 Å². The van der Waals surface area contributed by atoms with Crippen molar-refractivity contribution < 1.29 is 26.9 Å². The van der Waals surface area contributed by atoms with E-state index in [0.717, 1.165) is 11.8 Å². The van der Waals surface area contributed by atoms with Crippen molar-refractivity contribution in [3.8, 4) is 0 Å². The maximum Gasteiger partial charge on any atom is 0.328 e. The van der Waals surface area contributed by atoms with Crippen LogP contribution in [0, 0.1) is 0 Å². The van der Waals surface area contributed by atoms with Crippen molar-refractivity contribution in [2.24, 2.45) is 0 Å². The van der Waals surface area contributed by atoms with E-state index in [1.54, 1.807) is 12.1 Å². The van der Waals surface area contributed by atoms with Crippen molar-refractivity contribution in [1.82, 2.24) is 5.32 Å². The summed E-state index contributed by atoms with van der Waals surface area (Å²) in [5, 5.41) is 2.96. The Bertz CT molecular complexity index is 962. The van der Waals surface area contributed by atoms with Gasteiger partial charge in [-0.3, -0.25) is 8.98 Å². The Balaban J connectivity index is 2.07. The minimum Gasteiger partial charge on any atom is -0.467 e. The summed E-state index contributed by atoms with van der Waals surface area (Å²) < 4.78 is 31.5. The van der Waals surface area contributed by atoms with E-state index in [1.165, 1.54) is 13.2 Å². The number of nitrogens with one attached hydrogen (secondary N) is 1. The van der Waals surface area contributed by atoms with Crippen molar-refractivity contribution in [3.05, 3.63) is 70.2 Å². The van der Waals surface area contributed by atoms with Crippen LogP contribution in [-0.4, -0.2) is 46.3 Å². The Morgan fingerprint density at radius 3 is 2.41 bits per heavy atom. The number of methoxy groups -OCH3 is 1. The summed E-state index contributed by atoms with van der Waals surface area (Å²) in [5.41, 5.74) is 1.79. The highest BCUT2D eigenvalue weighted by atomic mass is 35.5. The molecule has 2 aromatic rings. The van der Waals surface area contributed by atoms with Gasteiger partial charge >= 0.3 is 5.97 Å². The molecule has 1 atom stereocenters. The average Bonchev–Trinajstić information content (AvgIpc) is 2.67. The van der Waals surface area contributed by atoms with E-state index in [2.05, 4.69) is 5.32 Å². The third-order valence-corrected chi connectivity index (χ3v) is 5.00. The summed E-state index contributed by atoms with van der Waals surface area (Å²) >= 11 is 6.20. The second kappa shape index (κ2) is 10.4. The van der Waals surface area contributed by atoms with Crippen molar-refractivity contribution in [3.63, 3.8) is 0 Å². The highest BCUT2D eigenvalue weighted by Crippen LogP contribution is 2.19. The molecule has 29 heavy (non-hydrogen) atoms. The fraction of sp³-hybridized carbons (Fsp3) is 0.300. The van der Waals surface area contributed by atoms with Crippen LogP contribution < -0.4 is 5.32 Å². The highest BCUT2D eigenvalue weighted by Gasteiger charge is 2.23. The quantitative estimate of drug-likeness (QED) is 0.475. The number of hydrogen-bond donors (Lipinski definition) is 1. The molecular formula is C20H22ClNO6S. The third kappa shape index (κ3) is 7.49. The predicted octanol–water partition coefficient (Wildman–Crippen LogP) is 2.37. The first-order valence-corrected chi connectivity index (χ1v) is 10.9. The molecule has 0 aliphatic rings. The molecule has 156 valence electrons. The summed E-state index contributed by atoms with van der Waals surface area (Å²) in [4.78, 5) is 24.7. The zero-order chi connectivity index (χ0) is 21.4. The first-order chi connectivity index (χ1) is 13.7. The lowest BCUT2D eigenvalue weighted by atomic mass is 10.0. The smallest absolute Gasteiger partial charge is 0.328 e. The molecule has 0 bridgehead atoms. The lowest BCUT2D eigenvalue weighted by molar-refractivity contribution is -0.142. The standard InChI is InChI=1S/C20H22ClNO6S/c1-27-20(24)18(12-14-6-4-3-5-7-14)22-19(23)16-9-8-15(17(21)13-16)10-11-28-29(2,25)26/h3-9,13,18H,10-12H2,1-2H3,(H,22,23)/t18-/m0/s1. The zero-order valence-electron chi connectivity index (χ0n) is 16.1. The van der Waals surface area contributed by atoms with E-state index < -0.39 is 28.0 Å². The largest absolute Gasteiger partial charge is 0.467 e. The first kappa shape index (κ1) is 22.9. The summed E-state index contributed by atoms with van der Waals surface area (Å²) in [6, 6.07) is 13.0. The van der Waals surface area contributed by atoms with Crippen LogP contribution in [0.3, 0.4) is 0 Å². The van der Waals surface area contributed by atoms with E-state index >= 15 is 0 Å². The van der Waals surface area contributed by atoms with Gasteiger partial charge in [-0.2, -0.15) is 8.42 Å². The number of carbonyl (C=O) groups excluding carboxylic acids is 2. The van der Waals surface area contributed by atoms with Crippen molar-refractivity contribution in [1.29, 1.82) is 0 Å². The van der Waals surface area contributed by atoms with E-state index in [4.69, 9.17) is 20.5 Å². The molecular weight excluding hydrogens is 418 g/mol. The number of halogens is 1. The van der Waals surface area contributed by atoms with Crippen molar-refractivity contribution in [2.45, 2.75) is 18.9 Å². The van der Waals surface area contributed by atoms with Crippen molar-refractivity contribution in [2.75, 3.05) is 20.0 Å². The molecule has 2 aromatic carbocycles. The van der Waals surface area contributed by atoms with E-state index in [9.17, 15) is 18.0 Å². The Labute approximate surface area is 175 Å². The van der Waals surface area contributed by atoms with E-state index in [0.29, 0.717) is 10.6 Å². The van der Waals surface area contributed by atoms with Crippen LogP contribution in [0.15, 0.2) is 48.5 Å². The summed E-state index contributed by atoms with van der Waals surface area (Å²) in [7, 11) is -2.27. The molecule has 0 saturated heterocycles. The lowest BCUT2D eigenvalue weighted by Crippen LogP contribution is -2.43. The van der Waals surface area contributed by atoms with E-state index in [1.807, 2.05) is 30.3 Å². The topological polar surface area (TPSA) is 98.8 Å². The van der Waals surface area contributed by atoms with Crippen LogP contribution in [0.25, 0.3) is 0 Å². The van der Waals surface area contributed by atoms with Gasteiger partial charge in [0.2, 0.25) is 0 Å². The third-order valence-electron chi connectivity index (χ3n) is 4.06. The van der Waals surface area contributed by atoms with Crippen molar-refractivity contribution >= 4 is 33.6 Å². The first-order valence-electron chi connectivity index (χ1n) is 8.75. The van der Waals surface area contributed by atoms with Crippen LogP contribution in [0.1, 0.15) is 21.5 Å². The van der Waals surface area contributed by atoms with Gasteiger partial charge < -0.3 is 10.1 Å². The molecule has 9 heteroatoms. The Hall–Kier alpha value is -2.42. The number of rotatable bonds is 9. The Morgan fingerprint density at radius 1 is 1.14 bits per heavy atom. The molecule has 2 rings (SSSR count). The molecule has 1 amide bonds. The number of esters is 1. The fourth-order valence-corrected chi connectivity index (χ4v) is 3.28. The summed E-state index contributed by atoms with van der Waals surface area (Å²) in [5.74, 6) is -1.03. The SMILES string of the molecule is COC(=O)[C@H](Cc1ccccc1)NC(=O)c1ccc(CCOS(C)(=O)=O)c(Cl)c1. The van der Waals surface area contributed by atoms with Crippen LogP contribution in [0.4, 0.5) is 0 Å². The molecule has 0 fully saturated rings.